The van der Waals surface area contributed by atoms with Crippen molar-refractivity contribution in [2.24, 2.45) is 5.41 Å². The van der Waals surface area contributed by atoms with Crippen LogP contribution in [0.15, 0.2) is 24.3 Å². The van der Waals surface area contributed by atoms with E-state index in [2.05, 4.69) is 0 Å². The Labute approximate surface area is 99.5 Å². The second-order valence-corrected chi connectivity index (χ2v) is 5.04. The summed E-state index contributed by atoms with van der Waals surface area (Å²) in [6.07, 6.45) is 0. The van der Waals surface area contributed by atoms with E-state index in [1.165, 1.54) is 12.1 Å². The number of alkyl halides is 1. The van der Waals surface area contributed by atoms with Crippen LogP contribution in [0.4, 0.5) is 8.78 Å². The van der Waals surface area contributed by atoms with E-state index in [1.54, 1.807) is 12.1 Å². The van der Waals surface area contributed by atoms with Crippen LogP contribution in [-0.4, -0.2) is 25.5 Å². The highest BCUT2D eigenvalue weighted by Crippen LogP contribution is 2.45. The molecule has 17 heavy (non-hydrogen) atoms. The van der Waals surface area contributed by atoms with Crippen molar-refractivity contribution < 1.29 is 18.3 Å². The van der Waals surface area contributed by atoms with Crippen LogP contribution in [0.2, 0.25) is 0 Å². The number of benzene rings is 1. The van der Waals surface area contributed by atoms with Gasteiger partial charge in [-0.15, -0.1) is 0 Å². The maximum Gasteiger partial charge on any atom is 0.133 e. The maximum absolute atomic E-state index is 12.9. The van der Waals surface area contributed by atoms with Crippen molar-refractivity contribution in [3.63, 3.8) is 0 Å². The molecule has 0 amide bonds. The summed E-state index contributed by atoms with van der Waals surface area (Å²) in [5, 5.41) is 0. The summed E-state index contributed by atoms with van der Waals surface area (Å²) in [6, 6.07) is 5.76. The average Bonchev–Trinajstić information content (AvgIpc) is 3.10. The van der Waals surface area contributed by atoms with E-state index in [0.717, 1.165) is 0 Å². The molecule has 0 spiro atoms. The fourth-order valence-electron chi connectivity index (χ4n) is 1.61. The van der Waals surface area contributed by atoms with Crippen molar-refractivity contribution >= 4 is 0 Å². The Kier molecular flexibility index (Phi) is 3.08. The Morgan fingerprint density at radius 2 is 1.94 bits per heavy atom. The summed E-state index contributed by atoms with van der Waals surface area (Å²) < 4.78 is 36.5. The normalized spacial score (nSPS) is 23.5. The minimum absolute atomic E-state index is 0.287. The molecule has 94 valence electrons. The van der Waals surface area contributed by atoms with Gasteiger partial charge in [-0.1, -0.05) is 13.8 Å². The molecule has 2 rings (SSSR count). The second kappa shape index (κ2) is 4.26. The third-order valence-corrected chi connectivity index (χ3v) is 3.35. The van der Waals surface area contributed by atoms with E-state index in [-0.39, 0.29) is 12.4 Å². The smallest absolute Gasteiger partial charge is 0.133 e. The topological polar surface area (TPSA) is 21.8 Å². The fraction of sp³-hybridized carbons (Fsp3) is 0.538. The highest BCUT2D eigenvalue weighted by molar-refractivity contribution is 5.22. The molecule has 0 bridgehead atoms. The van der Waals surface area contributed by atoms with Crippen molar-refractivity contribution in [2.75, 3.05) is 19.9 Å². The minimum atomic E-state index is -0.562. The molecule has 2 nitrogen and oxygen atoms in total. The number of rotatable bonds is 5. The van der Waals surface area contributed by atoms with Crippen LogP contribution in [-0.2, 0) is 4.74 Å². The zero-order chi connectivity index (χ0) is 12.5. The second-order valence-electron chi connectivity index (χ2n) is 5.04. The summed E-state index contributed by atoms with van der Waals surface area (Å²) in [5.41, 5.74) is -1.11. The van der Waals surface area contributed by atoms with Gasteiger partial charge in [0.15, 0.2) is 0 Å². The molecular weight excluding hydrogens is 226 g/mol. The SMILES string of the molecule is CC(C)(CF)C1(COc2ccc(F)cc2)CO1. The van der Waals surface area contributed by atoms with Crippen LogP contribution in [0.1, 0.15) is 13.8 Å². The molecule has 1 atom stereocenters. The predicted octanol–water partition coefficient (Wildman–Crippen LogP) is 2.97. The Bertz CT molecular complexity index is 383. The standard InChI is InChI=1S/C13H16F2O2/c1-12(2,7-14)13(9-17-13)8-16-11-5-3-10(15)4-6-11/h3-6H,7-9H2,1-2H3. The lowest BCUT2D eigenvalue weighted by molar-refractivity contribution is 0.0606. The lowest BCUT2D eigenvalue weighted by atomic mass is 9.80. The van der Waals surface area contributed by atoms with Crippen molar-refractivity contribution in [3.8, 4) is 5.75 Å². The first-order chi connectivity index (χ1) is 7.99. The van der Waals surface area contributed by atoms with Crippen LogP contribution in [0, 0.1) is 11.2 Å². The van der Waals surface area contributed by atoms with Gasteiger partial charge < -0.3 is 9.47 Å². The summed E-state index contributed by atoms with van der Waals surface area (Å²) in [6.45, 7) is 3.96. The Balaban J connectivity index is 1.97. The summed E-state index contributed by atoms with van der Waals surface area (Å²) in [5.74, 6) is 0.259. The van der Waals surface area contributed by atoms with E-state index in [9.17, 15) is 8.78 Å². The highest BCUT2D eigenvalue weighted by atomic mass is 19.1. The monoisotopic (exact) mass is 242 g/mol. The van der Waals surface area contributed by atoms with E-state index in [0.29, 0.717) is 12.4 Å². The summed E-state index contributed by atoms with van der Waals surface area (Å²) in [4.78, 5) is 0. The zero-order valence-electron chi connectivity index (χ0n) is 10.0. The van der Waals surface area contributed by atoms with Gasteiger partial charge in [0, 0.05) is 5.41 Å². The van der Waals surface area contributed by atoms with Crippen LogP contribution in [0.3, 0.4) is 0 Å². The molecule has 1 heterocycles. The van der Waals surface area contributed by atoms with Gasteiger partial charge in [-0.05, 0) is 24.3 Å². The molecule has 0 radical (unpaired) electrons. The molecule has 0 aliphatic carbocycles. The van der Waals surface area contributed by atoms with Crippen molar-refractivity contribution in [1.82, 2.24) is 0 Å². The average molecular weight is 242 g/mol. The molecule has 0 N–H and O–H groups in total. The highest BCUT2D eigenvalue weighted by Gasteiger charge is 2.57. The van der Waals surface area contributed by atoms with Crippen molar-refractivity contribution in [2.45, 2.75) is 19.4 Å². The van der Waals surface area contributed by atoms with Gasteiger partial charge in [-0.25, -0.2) is 4.39 Å². The zero-order valence-corrected chi connectivity index (χ0v) is 10.0. The predicted molar refractivity (Wildman–Crippen MR) is 60.3 cm³/mol. The van der Waals surface area contributed by atoms with Crippen molar-refractivity contribution in [1.29, 1.82) is 0 Å². The Morgan fingerprint density at radius 1 is 1.35 bits per heavy atom. The van der Waals surface area contributed by atoms with Gasteiger partial charge in [-0.2, -0.15) is 0 Å². The largest absolute Gasteiger partial charge is 0.490 e. The first-order valence-electron chi connectivity index (χ1n) is 5.57. The molecule has 1 aromatic carbocycles. The lowest BCUT2D eigenvalue weighted by Crippen LogP contribution is -2.40. The molecule has 4 heteroatoms. The first kappa shape index (κ1) is 12.3. The molecule has 0 aromatic heterocycles. The lowest BCUT2D eigenvalue weighted by Gasteiger charge is -2.28. The summed E-state index contributed by atoms with van der Waals surface area (Å²) in [7, 11) is 0. The molecule has 1 fully saturated rings. The fourth-order valence-corrected chi connectivity index (χ4v) is 1.61. The van der Waals surface area contributed by atoms with Gasteiger partial charge in [-0.3, -0.25) is 4.39 Å². The first-order valence-corrected chi connectivity index (χ1v) is 5.57. The number of ether oxygens (including phenoxy) is 2. The molecule has 1 aromatic rings. The molecule has 0 saturated carbocycles. The van der Waals surface area contributed by atoms with Crippen LogP contribution >= 0.6 is 0 Å². The van der Waals surface area contributed by atoms with Gasteiger partial charge >= 0.3 is 0 Å². The Morgan fingerprint density at radius 3 is 2.41 bits per heavy atom. The van der Waals surface area contributed by atoms with Crippen LogP contribution in [0.25, 0.3) is 0 Å². The van der Waals surface area contributed by atoms with Crippen molar-refractivity contribution in [3.05, 3.63) is 30.1 Å². The van der Waals surface area contributed by atoms with Crippen LogP contribution < -0.4 is 4.74 Å². The number of hydrogen-bond donors (Lipinski definition) is 0. The maximum atomic E-state index is 12.9. The third kappa shape index (κ3) is 2.41. The van der Waals surface area contributed by atoms with Crippen LogP contribution in [0.5, 0.6) is 5.75 Å². The van der Waals surface area contributed by atoms with E-state index in [4.69, 9.17) is 9.47 Å². The van der Waals surface area contributed by atoms with Gasteiger partial charge in [0.1, 0.15) is 23.8 Å². The molecule has 1 aliphatic heterocycles. The van der Waals surface area contributed by atoms with E-state index < -0.39 is 17.7 Å². The van der Waals surface area contributed by atoms with E-state index >= 15 is 0 Å². The quantitative estimate of drug-likeness (QED) is 0.740. The van der Waals surface area contributed by atoms with Gasteiger partial charge in [0.2, 0.25) is 0 Å². The number of epoxide rings is 1. The molecule has 1 unspecified atom stereocenters. The molecular formula is C13H16F2O2. The van der Waals surface area contributed by atoms with E-state index in [1.807, 2.05) is 13.8 Å². The third-order valence-electron chi connectivity index (χ3n) is 3.35. The van der Waals surface area contributed by atoms with Gasteiger partial charge in [0.25, 0.3) is 0 Å². The van der Waals surface area contributed by atoms with Gasteiger partial charge in [0.05, 0.1) is 13.3 Å². The molecule has 1 aliphatic rings. The molecule has 1 saturated heterocycles. The minimum Gasteiger partial charge on any atom is -0.490 e. The Hall–Kier alpha value is -1.16. The summed E-state index contributed by atoms with van der Waals surface area (Å²) >= 11 is 0. The number of hydrogen-bond acceptors (Lipinski definition) is 2. The number of halogens is 2.